The molecule has 3 aromatic rings. The highest BCUT2D eigenvalue weighted by molar-refractivity contribution is 6.30. The van der Waals surface area contributed by atoms with Gasteiger partial charge in [0, 0.05) is 16.1 Å². The molecular weight excluding hydrogens is 258 g/mol. The van der Waals surface area contributed by atoms with Gasteiger partial charge in [-0.3, -0.25) is 5.10 Å². The number of aromatic amines is 1. The minimum Gasteiger partial charge on any atom is -0.259 e. The molecule has 0 aliphatic heterocycles. The van der Waals surface area contributed by atoms with Gasteiger partial charge in [0.1, 0.15) is 0 Å². The van der Waals surface area contributed by atoms with Gasteiger partial charge in [-0.15, -0.1) is 0 Å². The first-order valence-corrected chi connectivity index (χ1v) is 6.36. The Bertz CT molecular complexity index is 701. The molecule has 1 aromatic heterocycles. The molecule has 2 aromatic carbocycles. The van der Waals surface area contributed by atoms with Crippen LogP contribution in [0.25, 0.3) is 22.8 Å². The van der Waals surface area contributed by atoms with Crippen LogP contribution < -0.4 is 0 Å². The molecule has 0 radical (unpaired) electrons. The highest BCUT2D eigenvalue weighted by Gasteiger charge is 2.09. The van der Waals surface area contributed by atoms with Crippen molar-refractivity contribution in [1.82, 2.24) is 15.2 Å². The zero-order valence-corrected chi connectivity index (χ0v) is 11.1. The van der Waals surface area contributed by atoms with E-state index >= 15 is 0 Å². The summed E-state index contributed by atoms with van der Waals surface area (Å²) in [5.74, 6) is 1.46. The minimum absolute atomic E-state index is 0.676. The number of benzene rings is 2. The van der Waals surface area contributed by atoms with Crippen LogP contribution in [0.15, 0.2) is 48.5 Å². The first-order chi connectivity index (χ1) is 9.24. The summed E-state index contributed by atoms with van der Waals surface area (Å²) in [6, 6.07) is 15.6. The molecule has 94 valence electrons. The Kier molecular flexibility index (Phi) is 3.05. The Hall–Kier alpha value is -2.13. The highest BCUT2D eigenvalue weighted by Crippen LogP contribution is 2.23. The van der Waals surface area contributed by atoms with Crippen LogP contribution >= 0.6 is 11.6 Å². The van der Waals surface area contributed by atoms with Crippen LogP contribution in [0.3, 0.4) is 0 Å². The molecule has 3 rings (SSSR count). The lowest BCUT2D eigenvalue weighted by molar-refractivity contribution is 1.10. The second-order valence-electron chi connectivity index (χ2n) is 4.33. The minimum atomic E-state index is 0.676. The molecule has 3 nitrogen and oxygen atoms in total. The topological polar surface area (TPSA) is 41.6 Å². The lowest BCUT2D eigenvalue weighted by Gasteiger charge is -1.99. The van der Waals surface area contributed by atoms with Crippen molar-refractivity contribution in [2.75, 3.05) is 0 Å². The fraction of sp³-hybridized carbons (Fsp3) is 0.0667. The van der Waals surface area contributed by atoms with Gasteiger partial charge in [-0.05, 0) is 36.8 Å². The summed E-state index contributed by atoms with van der Waals surface area (Å²) in [6.45, 7) is 2.06. The van der Waals surface area contributed by atoms with E-state index in [1.54, 1.807) is 0 Å². The molecule has 0 aliphatic rings. The van der Waals surface area contributed by atoms with Gasteiger partial charge in [0.2, 0.25) is 0 Å². The van der Waals surface area contributed by atoms with E-state index in [1.165, 1.54) is 5.56 Å². The van der Waals surface area contributed by atoms with E-state index in [9.17, 15) is 0 Å². The summed E-state index contributed by atoms with van der Waals surface area (Å²) in [4.78, 5) is 4.53. The average Bonchev–Trinajstić information content (AvgIpc) is 2.89. The molecule has 0 unspecified atom stereocenters. The van der Waals surface area contributed by atoms with Crippen molar-refractivity contribution in [2.45, 2.75) is 6.92 Å². The molecule has 0 amide bonds. The predicted molar refractivity (Wildman–Crippen MR) is 77.0 cm³/mol. The van der Waals surface area contributed by atoms with Crippen LogP contribution in [0.1, 0.15) is 5.56 Å². The van der Waals surface area contributed by atoms with Gasteiger partial charge in [-0.2, -0.15) is 5.10 Å². The first-order valence-electron chi connectivity index (χ1n) is 5.98. The van der Waals surface area contributed by atoms with Crippen molar-refractivity contribution in [3.05, 3.63) is 59.1 Å². The molecule has 0 saturated heterocycles. The number of nitrogens with zero attached hydrogens (tertiary/aromatic N) is 2. The molecule has 19 heavy (non-hydrogen) atoms. The van der Waals surface area contributed by atoms with E-state index in [0.717, 1.165) is 17.0 Å². The third-order valence-electron chi connectivity index (χ3n) is 2.99. The van der Waals surface area contributed by atoms with Gasteiger partial charge in [0.15, 0.2) is 11.6 Å². The molecule has 0 fully saturated rings. The Morgan fingerprint density at radius 3 is 2.47 bits per heavy atom. The van der Waals surface area contributed by atoms with Crippen molar-refractivity contribution in [1.29, 1.82) is 0 Å². The first kappa shape index (κ1) is 11.9. The molecular formula is C15H12ClN3. The summed E-state index contributed by atoms with van der Waals surface area (Å²) in [5.41, 5.74) is 3.18. The lowest BCUT2D eigenvalue weighted by Crippen LogP contribution is -1.84. The Balaban J connectivity index is 2.00. The van der Waals surface area contributed by atoms with Crippen LogP contribution in [0.4, 0.5) is 0 Å². The Labute approximate surface area is 116 Å². The normalized spacial score (nSPS) is 10.6. The molecule has 0 aliphatic carbocycles. The average molecular weight is 270 g/mol. The van der Waals surface area contributed by atoms with E-state index < -0.39 is 0 Å². The zero-order chi connectivity index (χ0) is 13.2. The summed E-state index contributed by atoms with van der Waals surface area (Å²) in [7, 11) is 0. The van der Waals surface area contributed by atoms with E-state index in [0.29, 0.717) is 10.8 Å². The summed E-state index contributed by atoms with van der Waals surface area (Å²) >= 11 is 5.87. The molecule has 1 heterocycles. The van der Waals surface area contributed by atoms with Gasteiger partial charge >= 0.3 is 0 Å². The van der Waals surface area contributed by atoms with Crippen molar-refractivity contribution in [3.8, 4) is 22.8 Å². The number of nitrogens with one attached hydrogen (secondary N) is 1. The standard InChI is InChI=1S/C15H12ClN3/c1-10-4-2-3-5-13(10)15-17-14(18-19-15)11-6-8-12(16)9-7-11/h2-9H,1H3,(H,17,18,19). The largest absolute Gasteiger partial charge is 0.259 e. The maximum atomic E-state index is 5.87. The SMILES string of the molecule is Cc1ccccc1-c1nc(-c2ccc(Cl)cc2)n[nH]1. The van der Waals surface area contributed by atoms with Crippen molar-refractivity contribution < 1.29 is 0 Å². The number of aromatic nitrogens is 3. The lowest BCUT2D eigenvalue weighted by atomic mass is 10.1. The molecule has 0 spiro atoms. The number of hydrogen-bond donors (Lipinski definition) is 1. The van der Waals surface area contributed by atoms with Gasteiger partial charge < -0.3 is 0 Å². The van der Waals surface area contributed by atoms with Gasteiger partial charge in [-0.25, -0.2) is 4.98 Å². The van der Waals surface area contributed by atoms with Crippen LogP contribution in [-0.4, -0.2) is 15.2 Å². The number of halogens is 1. The van der Waals surface area contributed by atoms with E-state index in [-0.39, 0.29) is 0 Å². The number of aryl methyl sites for hydroxylation is 1. The van der Waals surface area contributed by atoms with Crippen LogP contribution in [0, 0.1) is 6.92 Å². The smallest absolute Gasteiger partial charge is 0.181 e. The molecule has 4 heteroatoms. The highest BCUT2D eigenvalue weighted by atomic mass is 35.5. The van der Waals surface area contributed by atoms with Crippen LogP contribution in [-0.2, 0) is 0 Å². The molecule has 0 atom stereocenters. The summed E-state index contributed by atoms with van der Waals surface area (Å²) in [6.07, 6.45) is 0. The van der Waals surface area contributed by atoms with Crippen molar-refractivity contribution in [3.63, 3.8) is 0 Å². The second kappa shape index (κ2) is 4.86. The predicted octanol–water partition coefficient (Wildman–Crippen LogP) is 4.10. The maximum Gasteiger partial charge on any atom is 0.181 e. The van der Waals surface area contributed by atoms with Crippen LogP contribution in [0.2, 0.25) is 5.02 Å². The van der Waals surface area contributed by atoms with E-state index in [2.05, 4.69) is 28.2 Å². The second-order valence-corrected chi connectivity index (χ2v) is 4.77. The third-order valence-corrected chi connectivity index (χ3v) is 3.24. The maximum absolute atomic E-state index is 5.87. The van der Waals surface area contributed by atoms with E-state index in [4.69, 9.17) is 11.6 Å². The molecule has 0 saturated carbocycles. The van der Waals surface area contributed by atoms with Crippen molar-refractivity contribution in [2.24, 2.45) is 0 Å². The number of rotatable bonds is 2. The molecule has 1 N–H and O–H groups in total. The Morgan fingerprint density at radius 2 is 1.74 bits per heavy atom. The fourth-order valence-corrected chi connectivity index (χ4v) is 2.07. The third kappa shape index (κ3) is 2.37. The zero-order valence-electron chi connectivity index (χ0n) is 10.4. The summed E-state index contributed by atoms with van der Waals surface area (Å²) in [5, 5.41) is 7.94. The van der Waals surface area contributed by atoms with E-state index in [1.807, 2.05) is 42.5 Å². The van der Waals surface area contributed by atoms with Crippen molar-refractivity contribution >= 4 is 11.6 Å². The van der Waals surface area contributed by atoms with Crippen LogP contribution in [0.5, 0.6) is 0 Å². The summed E-state index contributed by atoms with van der Waals surface area (Å²) < 4.78 is 0. The molecule has 0 bridgehead atoms. The van der Waals surface area contributed by atoms with Gasteiger partial charge in [-0.1, -0.05) is 35.9 Å². The van der Waals surface area contributed by atoms with Gasteiger partial charge in [0.05, 0.1) is 0 Å². The monoisotopic (exact) mass is 269 g/mol. The van der Waals surface area contributed by atoms with Gasteiger partial charge in [0.25, 0.3) is 0 Å². The Morgan fingerprint density at radius 1 is 1.00 bits per heavy atom. The number of hydrogen-bond acceptors (Lipinski definition) is 2. The fourth-order valence-electron chi connectivity index (χ4n) is 1.95. The quantitative estimate of drug-likeness (QED) is 0.761. The number of H-pyrrole nitrogens is 1.